The molecule has 0 atom stereocenters. The normalized spacial score (nSPS) is 17.1. The van der Waals surface area contributed by atoms with E-state index in [9.17, 15) is 0 Å². The predicted octanol–water partition coefficient (Wildman–Crippen LogP) is 3.23. The van der Waals surface area contributed by atoms with Gasteiger partial charge in [0.15, 0.2) is 0 Å². The number of nitrogens with zero attached hydrogens (tertiary/aromatic N) is 2. The lowest BCUT2D eigenvalue weighted by atomic mass is 10.1. The van der Waals surface area contributed by atoms with Gasteiger partial charge in [-0.05, 0) is 31.6 Å². The molecule has 1 aromatic rings. The highest BCUT2D eigenvalue weighted by atomic mass is 35.5. The van der Waals surface area contributed by atoms with Gasteiger partial charge in [-0.2, -0.15) is 5.10 Å². The van der Waals surface area contributed by atoms with Crippen molar-refractivity contribution < 1.29 is 0 Å². The van der Waals surface area contributed by atoms with Crippen molar-refractivity contribution in [2.24, 2.45) is 5.41 Å². The van der Waals surface area contributed by atoms with Crippen LogP contribution < -0.4 is 5.32 Å². The highest BCUT2D eigenvalue weighted by Crippen LogP contribution is 2.45. The third kappa shape index (κ3) is 2.84. The molecular formula is C13H21Cl2N3. The minimum absolute atomic E-state index is 0.346. The largest absolute Gasteiger partial charge is 0.311 e. The van der Waals surface area contributed by atoms with Crippen LogP contribution in [0.4, 0.5) is 0 Å². The lowest BCUT2D eigenvalue weighted by molar-refractivity contribution is 0.489. The molecule has 1 aliphatic rings. The van der Waals surface area contributed by atoms with E-state index >= 15 is 0 Å². The Balaban J connectivity index is 1.97. The number of rotatable bonds is 7. The number of hydrogen-bond acceptors (Lipinski definition) is 2. The lowest BCUT2D eigenvalue weighted by Gasteiger charge is -2.13. The van der Waals surface area contributed by atoms with Crippen LogP contribution in [-0.2, 0) is 19.5 Å². The molecular weight excluding hydrogens is 269 g/mol. The molecule has 1 fully saturated rings. The van der Waals surface area contributed by atoms with Crippen LogP contribution >= 0.6 is 23.2 Å². The molecule has 0 spiro atoms. The molecule has 18 heavy (non-hydrogen) atoms. The van der Waals surface area contributed by atoms with Crippen molar-refractivity contribution in [3.05, 3.63) is 16.4 Å². The van der Waals surface area contributed by atoms with E-state index < -0.39 is 0 Å². The fraction of sp³-hybridized carbons (Fsp3) is 0.769. The number of nitrogens with one attached hydrogen (secondary N) is 1. The molecule has 0 amide bonds. The van der Waals surface area contributed by atoms with E-state index in [1.807, 2.05) is 4.68 Å². The Morgan fingerprint density at radius 1 is 1.39 bits per heavy atom. The van der Waals surface area contributed by atoms with Crippen molar-refractivity contribution in [1.29, 1.82) is 0 Å². The summed E-state index contributed by atoms with van der Waals surface area (Å²) in [6.45, 7) is 6.78. The molecule has 0 unspecified atom stereocenters. The van der Waals surface area contributed by atoms with Crippen LogP contribution in [0.25, 0.3) is 0 Å². The van der Waals surface area contributed by atoms with Crippen molar-refractivity contribution in [2.45, 2.75) is 46.2 Å². The van der Waals surface area contributed by atoms with Gasteiger partial charge in [-0.1, -0.05) is 18.5 Å². The Bertz CT molecular complexity index is 411. The van der Waals surface area contributed by atoms with Crippen LogP contribution in [0, 0.1) is 5.41 Å². The first kappa shape index (κ1) is 14.2. The average molecular weight is 290 g/mol. The van der Waals surface area contributed by atoms with Crippen molar-refractivity contribution in [3.63, 3.8) is 0 Å². The lowest BCUT2D eigenvalue weighted by Crippen LogP contribution is -2.26. The Labute approximate surface area is 119 Å². The third-order valence-electron chi connectivity index (χ3n) is 3.73. The summed E-state index contributed by atoms with van der Waals surface area (Å²) in [6.07, 6.45) is 3.36. The van der Waals surface area contributed by atoms with Crippen LogP contribution in [0.2, 0.25) is 5.02 Å². The van der Waals surface area contributed by atoms with Crippen molar-refractivity contribution in [1.82, 2.24) is 15.1 Å². The van der Waals surface area contributed by atoms with Gasteiger partial charge in [0, 0.05) is 25.5 Å². The van der Waals surface area contributed by atoms with Crippen LogP contribution in [0.5, 0.6) is 0 Å². The van der Waals surface area contributed by atoms with Crippen LogP contribution in [-0.4, -0.2) is 22.2 Å². The minimum atomic E-state index is 0.346. The quantitative estimate of drug-likeness (QED) is 0.781. The topological polar surface area (TPSA) is 29.9 Å². The fourth-order valence-electron chi connectivity index (χ4n) is 2.17. The molecule has 0 aromatic carbocycles. The van der Waals surface area contributed by atoms with Crippen LogP contribution in [0.1, 0.15) is 38.1 Å². The molecule has 0 saturated heterocycles. The molecule has 0 radical (unpaired) electrons. The van der Waals surface area contributed by atoms with E-state index in [0.29, 0.717) is 5.41 Å². The molecule has 1 heterocycles. The number of alkyl halides is 1. The predicted molar refractivity (Wildman–Crippen MR) is 76.4 cm³/mol. The first-order chi connectivity index (χ1) is 8.65. The number of aromatic nitrogens is 2. The number of aryl methyl sites for hydroxylation is 2. The molecule has 0 aliphatic heterocycles. The van der Waals surface area contributed by atoms with E-state index in [1.54, 1.807) is 0 Å². The molecule has 2 rings (SSSR count). The van der Waals surface area contributed by atoms with Gasteiger partial charge >= 0.3 is 0 Å². The van der Waals surface area contributed by atoms with Crippen molar-refractivity contribution in [3.8, 4) is 0 Å². The summed E-state index contributed by atoms with van der Waals surface area (Å²) < 4.78 is 1.99. The summed E-state index contributed by atoms with van der Waals surface area (Å²) in [6, 6.07) is 0. The molecule has 1 aliphatic carbocycles. The molecule has 1 aromatic heterocycles. The van der Waals surface area contributed by atoms with Crippen molar-refractivity contribution in [2.75, 3.05) is 12.4 Å². The first-order valence-corrected chi connectivity index (χ1v) is 7.57. The first-order valence-electron chi connectivity index (χ1n) is 6.66. The Morgan fingerprint density at radius 2 is 2.11 bits per heavy atom. The smallest absolute Gasteiger partial charge is 0.0863 e. The second kappa shape index (κ2) is 5.81. The van der Waals surface area contributed by atoms with Gasteiger partial charge in [0.2, 0.25) is 0 Å². The third-order valence-corrected chi connectivity index (χ3v) is 4.73. The van der Waals surface area contributed by atoms with E-state index in [2.05, 4.69) is 24.3 Å². The summed E-state index contributed by atoms with van der Waals surface area (Å²) in [4.78, 5) is 0. The molecule has 1 saturated carbocycles. The maximum atomic E-state index is 6.36. The maximum Gasteiger partial charge on any atom is 0.0863 e. The summed E-state index contributed by atoms with van der Waals surface area (Å²) >= 11 is 12.3. The zero-order valence-electron chi connectivity index (χ0n) is 11.1. The van der Waals surface area contributed by atoms with Gasteiger partial charge < -0.3 is 5.32 Å². The molecule has 3 nitrogen and oxygen atoms in total. The second-order valence-corrected chi connectivity index (χ2v) is 5.76. The van der Waals surface area contributed by atoms with E-state index in [-0.39, 0.29) is 0 Å². The summed E-state index contributed by atoms with van der Waals surface area (Å²) in [5.74, 6) is 0.751. The molecule has 102 valence electrons. The highest BCUT2D eigenvalue weighted by Gasteiger charge is 2.41. The zero-order chi connectivity index (χ0) is 13.2. The summed E-state index contributed by atoms with van der Waals surface area (Å²) in [5, 5.41) is 8.82. The van der Waals surface area contributed by atoms with E-state index in [0.717, 1.165) is 48.3 Å². The van der Waals surface area contributed by atoms with Gasteiger partial charge in [0.25, 0.3) is 0 Å². The maximum absolute atomic E-state index is 6.36. The van der Waals surface area contributed by atoms with E-state index in [1.165, 1.54) is 12.8 Å². The van der Waals surface area contributed by atoms with Gasteiger partial charge in [-0.15, -0.1) is 11.6 Å². The number of hydrogen-bond donors (Lipinski definition) is 1. The Morgan fingerprint density at radius 3 is 2.61 bits per heavy atom. The molecule has 0 bridgehead atoms. The summed E-state index contributed by atoms with van der Waals surface area (Å²) in [7, 11) is 0. The fourth-order valence-corrected chi connectivity index (χ4v) is 2.86. The van der Waals surface area contributed by atoms with Gasteiger partial charge in [0.1, 0.15) is 0 Å². The second-order valence-electron chi connectivity index (χ2n) is 5.11. The summed E-state index contributed by atoms with van der Waals surface area (Å²) in [5.41, 5.74) is 2.44. The van der Waals surface area contributed by atoms with Crippen molar-refractivity contribution >= 4 is 23.2 Å². The highest BCUT2D eigenvalue weighted by molar-refractivity contribution is 6.31. The average Bonchev–Trinajstić information content (AvgIpc) is 3.10. The van der Waals surface area contributed by atoms with Crippen LogP contribution in [0.15, 0.2) is 0 Å². The standard InChI is InChI=1S/C13H21Cl2N3/c1-3-10-12(15)11(18(4-2)17-10)7-16-9-13(8-14)5-6-13/h16H,3-9H2,1-2H3. The Hall–Kier alpha value is -0.250. The monoisotopic (exact) mass is 289 g/mol. The minimum Gasteiger partial charge on any atom is -0.311 e. The number of halogens is 2. The van der Waals surface area contributed by atoms with E-state index in [4.69, 9.17) is 23.2 Å². The zero-order valence-corrected chi connectivity index (χ0v) is 12.6. The van der Waals surface area contributed by atoms with Gasteiger partial charge in [-0.3, -0.25) is 4.68 Å². The Kier molecular flexibility index (Phi) is 4.57. The molecule has 1 N–H and O–H groups in total. The van der Waals surface area contributed by atoms with Gasteiger partial charge in [-0.25, -0.2) is 0 Å². The van der Waals surface area contributed by atoms with Gasteiger partial charge in [0.05, 0.1) is 16.4 Å². The van der Waals surface area contributed by atoms with Crippen LogP contribution in [0.3, 0.4) is 0 Å². The molecule has 5 heteroatoms. The SMILES string of the molecule is CCc1nn(CC)c(CNCC2(CCl)CC2)c1Cl.